The molecular weight excluding hydrogens is 238 g/mol. The predicted octanol–water partition coefficient (Wildman–Crippen LogP) is -0.465. The second-order valence-electron chi connectivity index (χ2n) is 3.85. The number of aliphatic hydroxyl groups excluding tert-OH is 3. The lowest BCUT2D eigenvalue weighted by molar-refractivity contribution is 0.0718. The highest BCUT2D eigenvalue weighted by Crippen LogP contribution is 2.28. The summed E-state index contributed by atoms with van der Waals surface area (Å²) < 4.78 is 4.94. The highest BCUT2D eigenvalue weighted by atomic mass is 16.5. The third kappa shape index (κ3) is 2.98. The molecule has 0 spiro atoms. The van der Waals surface area contributed by atoms with Gasteiger partial charge in [-0.05, 0) is 12.1 Å². The second-order valence-corrected chi connectivity index (χ2v) is 3.85. The van der Waals surface area contributed by atoms with Gasteiger partial charge in [0.05, 0.1) is 26.9 Å². The van der Waals surface area contributed by atoms with Crippen molar-refractivity contribution in [2.75, 3.05) is 26.9 Å². The Morgan fingerprint density at radius 2 is 1.83 bits per heavy atom. The Morgan fingerprint density at radius 3 is 2.33 bits per heavy atom. The second kappa shape index (κ2) is 6.34. The van der Waals surface area contributed by atoms with Crippen LogP contribution >= 0.6 is 0 Å². The van der Waals surface area contributed by atoms with Gasteiger partial charge in [-0.3, -0.25) is 4.99 Å². The molecule has 0 aromatic heterocycles. The summed E-state index contributed by atoms with van der Waals surface area (Å²) in [6, 6.07) is 4.85. The molecule has 0 radical (unpaired) electrons. The lowest BCUT2D eigenvalue weighted by Gasteiger charge is -2.22. The van der Waals surface area contributed by atoms with Crippen LogP contribution in [-0.2, 0) is 0 Å². The van der Waals surface area contributed by atoms with Gasteiger partial charge in [0.2, 0.25) is 0 Å². The number of aliphatic hydroxyl groups is 3. The van der Waals surface area contributed by atoms with Crippen molar-refractivity contribution >= 4 is 6.21 Å². The lowest BCUT2D eigenvalue weighted by Crippen LogP contribution is -2.39. The van der Waals surface area contributed by atoms with Gasteiger partial charge in [-0.1, -0.05) is 6.07 Å². The molecule has 0 bridgehead atoms. The number of rotatable bonds is 6. The van der Waals surface area contributed by atoms with Gasteiger partial charge in [-0.15, -0.1) is 0 Å². The Labute approximate surface area is 105 Å². The largest absolute Gasteiger partial charge is 0.504 e. The predicted molar refractivity (Wildman–Crippen MR) is 66.2 cm³/mol. The van der Waals surface area contributed by atoms with Crippen LogP contribution in [0.2, 0.25) is 0 Å². The fourth-order valence-electron chi connectivity index (χ4n) is 1.29. The van der Waals surface area contributed by atoms with Gasteiger partial charge in [-0.2, -0.15) is 0 Å². The molecule has 6 heteroatoms. The van der Waals surface area contributed by atoms with Crippen molar-refractivity contribution in [3.8, 4) is 11.5 Å². The average Bonchev–Trinajstić information content (AvgIpc) is 2.42. The van der Waals surface area contributed by atoms with Gasteiger partial charge in [0, 0.05) is 11.8 Å². The van der Waals surface area contributed by atoms with E-state index in [1.54, 1.807) is 18.2 Å². The smallest absolute Gasteiger partial charge is 0.166 e. The Bertz CT molecular complexity index is 407. The van der Waals surface area contributed by atoms with Crippen LogP contribution in [0.3, 0.4) is 0 Å². The lowest BCUT2D eigenvalue weighted by atomic mass is 10.0. The van der Waals surface area contributed by atoms with Crippen molar-refractivity contribution in [1.29, 1.82) is 0 Å². The molecular formula is C12H17NO5. The number of ether oxygens (including phenoxy) is 1. The Balaban J connectivity index is 3.03. The fourth-order valence-corrected chi connectivity index (χ4v) is 1.29. The molecule has 1 rings (SSSR count). The molecule has 0 aliphatic rings. The van der Waals surface area contributed by atoms with E-state index in [-0.39, 0.29) is 5.75 Å². The van der Waals surface area contributed by atoms with E-state index in [1.807, 2.05) is 0 Å². The normalized spacial score (nSPS) is 12.0. The van der Waals surface area contributed by atoms with Crippen molar-refractivity contribution in [1.82, 2.24) is 0 Å². The molecule has 4 N–H and O–H groups in total. The fraction of sp³-hybridized carbons (Fsp3) is 0.417. The number of hydrogen-bond acceptors (Lipinski definition) is 6. The Morgan fingerprint density at radius 1 is 1.22 bits per heavy atom. The highest BCUT2D eigenvalue weighted by molar-refractivity contribution is 5.85. The van der Waals surface area contributed by atoms with Gasteiger partial charge in [-0.25, -0.2) is 0 Å². The Kier molecular flexibility index (Phi) is 5.08. The Hall–Kier alpha value is -1.63. The molecule has 1 aromatic rings. The molecule has 18 heavy (non-hydrogen) atoms. The van der Waals surface area contributed by atoms with Gasteiger partial charge in [0.15, 0.2) is 11.5 Å². The number of methoxy groups -OCH3 is 1. The molecule has 100 valence electrons. The minimum absolute atomic E-state index is 0.0912. The summed E-state index contributed by atoms with van der Waals surface area (Å²) >= 11 is 0. The third-order valence-electron chi connectivity index (χ3n) is 2.61. The van der Waals surface area contributed by atoms with E-state index >= 15 is 0 Å². The molecule has 0 saturated carbocycles. The van der Waals surface area contributed by atoms with E-state index in [1.165, 1.54) is 13.3 Å². The van der Waals surface area contributed by atoms with Crippen LogP contribution in [0.1, 0.15) is 5.56 Å². The molecule has 1 aromatic carbocycles. The van der Waals surface area contributed by atoms with Gasteiger partial charge >= 0.3 is 0 Å². The summed E-state index contributed by atoms with van der Waals surface area (Å²) in [6.45, 7) is -1.50. The van der Waals surface area contributed by atoms with Crippen molar-refractivity contribution < 1.29 is 25.2 Å². The number of para-hydroxylation sites is 1. The van der Waals surface area contributed by atoms with Crippen LogP contribution in [-0.4, -0.2) is 59.1 Å². The first-order valence-corrected chi connectivity index (χ1v) is 5.36. The minimum Gasteiger partial charge on any atom is -0.504 e. The van der Waals surface area contributed by atoms with E-state index in [9.17, 15) is 5.11 Å². The number of benzene rings is 1. The van der Waals surface area contributed by atoms with Crippen molar-refractivity contribution in [2.24, 2.45) is 4.99 Å². The van der Waals surface area contributed by atoms with Crippen LogP contribution < -0.4 is 4.74 Å². The quantitative estimate of drug-likeness (QED) is 0.515. The van der Waals surface area contributed by atoms with Gasteiger partial charge in [0.25, 0.3) is 0 Å². The molecule has 0 amide bonds. The topological polar surface area (TPSA) is 103 Å². The molecule has 0 aliphatic heterocycles. The summed E-state index contributed by atoms with van der Waals surface area (Å²) in [5.41, 5.74) is -0.982. The molecule has 0 atom stereocenters. The summed E-state index contributed by atoms with van der Waals surface area (Å²) in [7, 11) is 1.43. The molecule has 0 fully saturated rings. The summed E-state index contributed by atoms with van der Waals surface area (Å²) in [4.78, 5) is 3.93. The van der Waals surface area contributed by atoms with Crippen LogP contribution in [0.15, 0.2) is 23.2 Å². The monoisotopic (exact) mass is 255 g/mol. The van der Waals surface area contributed by atoms with Gasteiger partial charge in [0.1, 0.15) is 5.54 Å². The first-order valence-electron chi connectivity index (χ1n) is 5.36. The van der Waals surface area contributed by atoms with E-state index in [0.29, 0.717) is 11.3 Å². The zero-order valence-electron chi connectivity index (χ0n) is 10.1. The molecule has 0 aliphatic carbocycles. The number of aromatic hydroxyl groups is 1. The number of hydrogen-bond donors (Lipinski definition) is 4. The minimum atomic E-state index is -1.35. The maximum absolute atomic E-state index is 9.80. The third-order valence-corrected chi connectivity index (χ3v) is 2.61. The SMILES string of the molecule is COc1cccc(C=NC(CO)(CO)CO)c1O. The van der Waals surface area contributed by atoms with Gasteiger partial charge < -0.3 is 25.2 Å². The van der Waals surface area contributed by atoms with E-state index in [4.69, 9.17) is 20.1 Å². The number of phenolic OH excluding ortho intramolecular Hbond substituents is 1. The zero-order valence-corrected chi connectivity index (χ0v) is 10.1. The highest BCUT2D eigenvalue weighted by Gasteiger charge is 2.26. The maximum Gasteiger partial charge on any atom is 0.166 e. The van der Waals surface area contributed by atoms with Crippen LogP contribution in [0.4, 0.5) is 0 Å². The first-order chi connectivity index (χ1) is 8.62. The van der Waals surface area contributed by atoms with E-state index in [2.05, 4.69) is 4.99 Å². The molecule has 6 nitrogen and oxygen atoms in total. The standard InChI is InChI=1S/C12H17NO5/c1-18-10-4-2-3-9(11(10)17)5-13-12(6-14,7-15)8-16/h2-5,14-17H,6-8H2,1H3. The zero-order chi connectivity index (χ0) is 13.6. The number of phenols is 1. The maximum atomic E-state index is 9.80. The summed E-state index contributed by atoms with van der Waals surface area (Å²) in [5, 5.41) is 37.1. The van der Waals surface area contributed by atoms with Crippen LogP contribution in [0.25, 0.3) is 0 Å². The number of nitrogens with zero attached hydrogens (tertiary/aromatic N) is 1. The van der Waals surface area contributed by atoms with Crippen LogP contribution in [0.5, 0.6) is 11.5 Å². The molecule has 0 saturated heterocycles. The first kappa shape index (κ1) is 14.4. The van der Waals surface area contributed by atoms with E-state index in [0.717, 1.165) is 0 Å². The van der Waals surface area contributed by atoms with Crippen molar-refractivity contribution in [2.45, 2.75) is 5.54 Å². The molecule has 0 unspecified atom stereocenters. The molecule has 0 heterocycles. The average molecular weight is 255 g/mol. The van der Waals surface area contributed by atoms with Crippen molar-refractivity contribution in [3.05, 3.63) is 23.8 Å². The summed E-state index contributed by atoms with van der Waals surface area (Å²) in [5.74, 6) is 0.202. The van der Waals surface area contributed by atoms with Crippen LogP contribution in [0, 0.1) is 0 Å². The van der Waals surface area contributed by atoms with E-state index < -0.39 is 25.4 Å². The van der Waals surface area contributed by atoms with Crippen molar-refractivity contribution in [3.63, 3.8) is 0 Å². The summed E-state index contributed by atoms with van der Waals surface area (Å²) in [6.07, 6.45) is 1.28. The number of aliphatic imine (C=N–C) groups is 1.